The minimum absolute atomic E-state index is 0.0627. The van der Waals surface area contributed by atoms with Crippen LogP contribution in [0.3, 0.4) is 0 Å². The topological polar surface area (TPSA) is 43.8 Å². The van der Waals surface area contributed by atoms with Crippen molar-refractivity contribution < 1.29 is 0 Å². The van der Waals surface area contributed by atoms with Gasteiger partial charge >= 0.3 is 0 Å². The summed E-state index contributed by atoms with van der Waals surface area (Å²) in [5.74, 6) is 1.87. The fraction of sp³-hybridized carbons (Fsp3) is 0.562. The smallest absolute Gasteiger partial charge is 0.111 e. The van der Waals surface area contributed by atoms with E-state index >= 15 is 0 Å². The molecular formula is C16H23N3. The van der Waals surface area contributed by atoms with Gasteiger partial charge in [0, 0.05) is 19.0 Å². The summed E-state index contributed by atoms with van der Waals surface area (Å²) < 4.78 is 2.20. The first-order valence-electron chi connectivity index (χ1n) is 7.27. The van der Waals surface area contributed by atoms with Crippen molar-refractivity contribution in [3.63, 3.8) is 0 Å². The summed E-state index contributed by atoms with van der Waals surface area (Å²) in [4.78, 5) is 4.76. The summed E-state index contributed by atoms with van der Waals surface area (Å²) in [7, 11) is 2.10. The number of nitrogens with zero attached hydrogens (tertiary/aromatic N) is 2. The summed E-state index contributed by atoms with van der Waals surface area (Å²) >= 11 is 0. The minimum atomic E-state index is -0.0627. The van der Waals surface area contributed by atoms with Gasteiger partial charge in [0.05, 0.1) is 11.0 Å². The van der Waals surface area contributed by atoms with Gasteiger partial charge in [0.2, 0.25) is 0 Å². The van der Waals surface area contributed by atoms with Crippen molar-refractivity contribution in [2.24, 2.45) is 18.7 Å². The Morgan fingerprint density at radius 1 is 1.42 bits per heavy atom. The Labute approximate surface area is 114 Å². The molecule has 2 unspecified atom stereocenters. The maximum atomic E-state index is 6.62. The third-order valence-electron chi connectivity index (χ3n) is 4.52. The number of imidazole rings is 1. The summed E-state index contributed by atoms with van der Waals surface area (Å²) in [5, 5.41) is 0. The van der Waals surface area contributed by atoms with Crippen LogP contribution in [0.1, 0.15) is 38.4 Å². The molecule has 2 atom stereocenters. The average Bonchev–Trinajstić information content (AvgIpc) is 2.66. The van der Waals surface area contributed by atoms with Crippen LogP contribution in [0.2, 0.25) is 0 Å². The Bertz CT molecular complexity index is 587. The van der Waals surface area contributed by atoms with E-state index in [0.29, 0.717) is 0 Å². The molecule has 102 valence electrons. The highest BCUT2D eigenvalue weighted by Gasteiger charge is 2.32. The zero-order valence-electron chi connectivity index (χ0n) is 11.9. The highest BCUT2D eigenvalue weighted by atomic mass is 15.1. The van der Waals surface area contributed by atoms with Crippen LogP contribution in [0.4, 0.5) is 0 Å². The van der Waals surface area contributed by atoms with Crippen molar-refractivity contribution in [1.82, 2.24) is 9.55 Å². The number of aromatic nitrogens is 2. The van der Waals surface area contributed by atoms with Crippen LogP contribution in [-0.4, -0.2) is 15.1 Å². The molecule has 2 aromatic rings. The maximum Gasteiger partial charge on any atom is 0.111 e. The minimum Gasteiger partial charge on any atom is -0.331 e. The lowest BCUT2D eigenvalue weighted by Crippen LogP contribution is -2.46. The van der Waals surface area contributed by atoms with Gasteiger partial charge in [0.1, 0.15) is 5.82 Å². The molecule has 1 aliphatic carbocycles. The number of fused-ring (bicyclic) bond motifs is 1. The third kappa shape index (κ3) is 2.39. The van der Waals surface area contributed by atoms with Crippen molar-refractivity contribution in [3.8, 4) is 0 Å². The highest BCUT2D eigenvalue weighted by molar-refractivity contribution is 5.75. The largest absolute Gasteiger partial charge is 0.331 e. The number of hydrogen-bond donors (Lipinski definition) is 1. The summed E-state index contributed by atoms with van der Waals surface area (Å²) in [5.41, 5.74) is 8.83. The molecule has 0 saturated heterocycles. The van der Waals surface area contributed by atoms with E-state index in [2.05, 4.69) is 36.7 Å². The van der Waals surface area contributed by atoms with Crippen LogP contribution in [0.25, 0.3) is 11.0 Å². The standard InChI is InChI=1S/C16H23N3/c1-12-6-5-9-16(17,10-12)11-15-18-13-7-3-4-8-14(13)19(15)2/h3-4,7-8,12H,5-6,9-11,17H2,1-2H3. The Morgan fingerprint density at radius 2 is 2.21 bits per heavy atom. The van der Waals surface area contributed by atoms with E-state index in [0.717, 1.165) is 36.5 Å². The van der Waals surface area contributed by atoms with E-state index < -0.39 is 0 Å². The molecular weight excluding hydrogens is 234 g/mol. The highest BCUT2D eigenvalue weighted by Crippen LogP contribution is 2.33. The van der Waals surface area contributed by atoms with Gasteiger partial charge < -0.3 is 10.3 Å². The molecule has 1 aromatic carbocycles. The van der Waals surface area contributed by atoms with Crippen LogP contribution in [0.5, 0.6) is 0 Å². The van der Waals surface area contributed by atoms with Gasteiger partial charge in [-0.15, -0.1) is 0 Å². The number of rotatable bonds is 2. The first kappa shape index (κ1) is 12.7. The number of nitrogens with two attached hydrogens (primary N) is 1. The lowest BCUT2D eigenvalue weighted by molar-refractivity contribution is 0.231. The Morgan fingerprint density at radius 3 is 2.95 bits per heavy atom. The molecule has 0 bridgehead atoms. The van der Waals surface area contributed by atoms with Crippen LogP contribution < -0.4 is 5.73 Å². The number of para-hydroxylation sites is 2. The normalized spacial score (nSPS) is 27.8. The fourth-order valence-electron chi connectivity index (χ4n) is 3.53. The van der Waals surface area contributed by atoms with Crippen LogP contribution in [0, 0.1) is 5.92 Å². The predicted octanol–water partition coefficient (Wildman–Crippen LogP) is 3.02. The van der Waals surface area contributed by atoms with E-state index in [-0.39, 0.29) is 5.54 Å². The van der Waals surface area contributed by atoms with Gasteiger partial charge in [-0.25, -0.2) is 4.98 Å². The number of benzene rings is 1. The molecule has 0 amide bonds. The van der Waals surface area contributed by atoms with Gasteiger partial charge in [0.25, 0.3) is 0 Å². The molecule has 1 fully saturated rings. The van der Waals surface area contributed by atoms with E-state index in [4.69, 9.17) is 10.7 Å². The lowest BCUT2D eigenvalue weighted by atomic mass is 9.75. The second kappa shape index (κ2) is 4.64. The second-order valence-electron chi connectivity index (χ2n) is 6.32. The second-order valence-corrected chi connectivity index (χ2v) is 6.32. The van der Waals surface area contributed by atoms with E-state index in [9.17, 15) is 0 Å². The Hall–Kier alpha value is -1.35. The first-order chi connectivity index (χ1) is 9.07. The molecule has 2 N–H and O–H groups in total. The van der Waals surface area contributed by atoms with Gasteiger partial charge in [-0.2, -0.15) is 0 Å². The Balaban J connectivity index is 1.90. The zero-order chi connectivity index (χ0) is 13.5. The van der Waals surface area contributed by atoms with Crippen molar-refractivity contribution in [1.29, 1.82) is 0 Å². The molecule has 1 saturated carbocycles. The molecule has 3 nitrogen and oxygen atoms in total. The Kier molecular flexibility index (Phi) is 3.09. The molecule has 1 aliphatic rings. The SMILES string of the molecule is CC1CCCC(N)(Cc2nc3ccccc3n2C)C1. The van der Waals surface area contributed by atoms with Gasteiger partial charge in [-0.3, -0.25) is 0 Å². The summed E-state index contributed by atoms with van der Waals surface area (Å²) in [6.45, 7) is 2.32. The van der Waals surface area contributed by atoms with Crippen molar-refractivity contribution in [2.45, 2.75) is 44.6 Å². The molecule has 3 rings (SSSR count). The monoisotopic (exact) mass is 257 g/mol. The fourth-order valence-corrected chi connectivity index (χ4v) is 3.53. The van der Waals surface area contributed by atoms with Crippen LogP contribution in [0.15, 0.2) is 24.3 Å². The van der Waals surface area contributed by atoms with E-state index in [1.54, 1.807) is 0 Å². The molecule has 19 heavy (non-hydrogen) atoms. The molecule has 1 aromatic heterocycles. The average molecular weight is 257 g/mol. The van der Waals surface area contributed by atoms with Crippen LogP contribution >= 0.6 is 0 Å². The van der Waals surface area contributed by atoms with Crippen molar-refractivity contribution in [3.05, 3.63) is 30.1 Å². The molecule has 0 radical (unpaired) electrons. The molecule has 3 heteroatoms. The quantitative estimate of drug-likeness (QED) is 0.898. The van der Waals surface area contributed by atoms with E-state index in [1.807, 2.05) is 6.07 Å². The van der Waals surface area contributed by atoms with Gasteiger partial charge in [-0.05, 0) is 30.9 Å². The number of aryl methyl sites for hydroxylation is 1. The van der Waals surface area contributed by atoms with Gasteiger partial charge in [-0.1, -0.05) is 31.9 Å². The molecule has 0 aliphatic heterocycles. The predicted molar refractivity (Wildman–Crippen MR) is 79.0 cm³/mol. The zero-order valence-corrected chi connectivity index (χ0v) is 11.9. The van der Waals surface area contributed by atoms with Gasteiger partial charge in [0.15, 0.2) is 0 Å². The van der Waals surface area contributed by atoms with Crippen molar-refractivity contribution >= 4 is 11.0 Å². The summed E-state index contributed by atoms with van der Waals surface area (Å²) in [6, 6.07) is 8.30. The third-order valence-corrected chi connectivity index (χ3v) is 4.52. The molecule has 1 heterocycles. The number of hydrogen-bond acceptors (Lipinski definition) is 2. The van der Waals surface area contributed by atoms with E-state index in [1.165, 1.54) is 18.4 Å². The first-order valence-corrected chi connectivity index (χ1v) is 7.27. The lowest BCUT2D eigenvalue weighted by Gasteiger charge is -2.36. The van der Waals surface area contributed by atoms with Crippen molar-refractivity contribution in [2.75, 3.05) is 0 Å². The maximum absolute atomic E-state index is 6.62. The summed E-state index contributed by atoms with van der Waals surface area (Å²) in [6.07, 6.45) is 5.71. The molecule has 0 spiro atoms. The van der Waals surface area contributed by atoms with Crippen LogP contribution in [-0.2, 0) is 13.5 Å².